The van der Waals surface area contributed by atoms with E-state index in [0.29, 0.717) is 17.9 Å². The zero-order valence-corrected chi connectivity index (χ0v) is 14.5. The van der Waals surface area contributed by atoms with Crippen LogP contribution in [0.1, 0.15) is 41.6 Å². The number of hydrogen-bond acceptors (Lipinski definition) is 4. The topological polar surface area (TPSA) is 90.9 Å². The largest absolute Gasteiger partial charge is 0.391 e. The number of nitriles is 1. The third-order valence-corrected chi connectivity index (χ3v) is 5.63. The molecule has 1 aromatic carbocycles. The molecule has 134 valence electrons. The van der Waals surface area contributed by atoms with Crippen LogP contribution in [0.3, 0.4) is 0 Å². The maximum absolute atomic E-state index is 12.5. The van der Waals surface area contributed by atoms with Crippen LogP contribution in [-0.2, 0) is 12.0 Å². The lowest BCUT2D eigenvalue weighted by atomic mass is 9.96. The summed E-state index contributed by atoms with van der Waals surface area (Å²) >= 11 is 0. The molecule has 26 heavy (non-hydrogen) atoms. The van der Waals surface area contributed by atoms with Crippen molar-refractivity contribution in [2.45, 2.75) is 49.8 Å². The van der Waals surface area contributed by atoms with Crippen molar-refractivity contribution in [3.63, 3.8) is 0 Å². The Labute approximate surface area is 152 Å². The van der Waals surface area contributed by atoms with Crippen LogP contribution in [0.25, 0.3) is 0 Å². The quantitative estimate of drug-likeness (QED) is 0.863. The fourth-order valence-electron chi connectivity index (χ4n) is 3.90. The Morgan fingerprint density at radius 1 is 1.35 bits per heavy atom. The van der Waals surface area contributed by atoms with Crippen LogP contribution in [0, 0.1) is 17.2 Å². The molecule has 0 radical (unpaired) electrons. The number of carbonyl (C=O) groups excluding carboxylic acids is 1. The van der Waals surface area contributed by atoms with Crippen molar-refractivity contribution < 1.29 is 9.90 Å². The summed E-state index contributed by atoms with van der Waals surface area (Å²) in [6.07, 6.45) is 8.10. The fraction of sp³-hybridized carbons (Fsp3) is 0.450. The van der Waals surface area contributed by atoms with Gasteiger partial charge in [0.05, 0.1) is 30.0 Å². The van der Waals surface area contributed by atoms with Crippen LogP contribution in [0.5, 0.6) is 0 Å². The van der Waals surface area contributed by atoms with E-state index in [2.05, 4.69) is 16.4 Å². The van der Waals surface area contributed by atoms with E-state index in [4.69, 9.17) is 0 Å². The van der Waals surface area contributed by atoms with E-state index in [0.717, 1.165) is 31.4 Å². The first kappa shape index (κ1) is 16.8. The van der Waals surface area contributed by atoms with E-state index in [1.807, 2.05) is 22.9 Å². The number of nitrogens with zero attached hydrogens (tertiary/aromatic N) is 3. The predicted molar refractivity (Wildman–Crippen MR) is 95.2 cm³/mol. The minimum absolute atomic E-state index is 0.175. The van der Waals surface area contributed by atoms with Gasteiger partial charge >= 0.3 is 0 Å². The van der Waals surface area contributed by atoms with E-state index < -0.39 is 6.10 Å². The molecule has 0 bridgehead atoms. The number of hydrogen-bond donors (Lipinski definition) is 2. The molecule has 2 saturated carbocycles. The SMILES string of the molecule is N#CC1(c2ccc(C(=O)N[C@@H]3CC(Cn4ccnc4)C[C@H]3O)cc2)CC1. The van der Waals surface area contributed by atoms with E-state index in [-0.39, 0.29) is 17.4 Å². The second kappa shape index (κ2) is 6.58. The molecule has 0 spiro atoms. The van der Waals surface area contributed by atoms with Gasteiger partial charge in [0.25, 0.3) is 5.91 Å². The Hall–Kier alpha value is -2.65. The molecule has 0 saturated heterocycles. The highest BCUT2D eigenvalue weighted by atomic mass is 16.3. The highest BCUT2D eigenvalue weighted by molar-refractivity contribution is 5.94. The summed E-state index contributed by atoms with van der Waals surface area (Å²) in [5.74, 6) is 0.142. The number of imidazole rings is 1. The van der Waals surface area contributed by atoms with Gasteiger partial charge in [0, 0.05) is 24.5 Å². The second-order valence-electron chi connectivity index (χ2n) is 7.52. The summed E-state index contributed by atoms with van der Waals surface area (Å²) in [7, 11) is 0. The van der Waals surface area contributed by atoms with Crippen molar-refractivity contribution in [3.8, 4) is 6.07 Å². The van der Waals surface area contributed by atoms with Gasteiger partial charge in [-0.05, 0) is 49.3 Å². The Morgan fingerprint density at radius 2 is 2.12 bits per heavy atom. The molecule has 6 heteroatoms. The number of aliphatic hydroxyl groups is 1. The normalized spacial score (nSPS) is 26.2. The molecule has 2 N–H and O–H groups in total. The first-order valence-corrected chi connectivity index (χ1v) is 9.06. The van der Waals surface area contributed by atoms with Gasteiger partial charge in [-0.1, -0.05) is 12.1 Å². The van der Waals surface area contributed by atoms with Crippen LogP contribution in [0.15, 0.2) is 43.0 Å². The van der Waals surface area contributed by atoms with E-state index >= 15 is 0 Å². The Balaban J connectivity index is 1.36. The number of rotatable bonds is 5. The summed E-state index contributed by atoms with van der Waals surface area (Å²) < 4.78 is 2.00. The summed E-state index contributed by atoms with van der Waals surface area (Å²) in [4.78, 5) is 16.5. The molecular weight excluding hydrogens is 328 g/mol. The maximum Gasteiger partial charge on any atom is 0.251 e. The van der Waals surface area contributed by atoms with Gasteiger partial charge in [0.15, 0.2) is 0 Å². The maximum atomic E-state index is 12.5. The monoisotopic (exact) mass is 350 g/mol. The third kappa shape index (κ3) is 3.23. The number of amides is 1. The molecule has 2 aromatic rings. The number of benzene rings is 1. The molecule has 6 nitrogen and oxygen atoms in total. The zero-order chi connectivity index (χ0) is 18.1. The van der Waals surface area contributed by atoms with Gasteiger partial charge in [-0.2, -0.15) is 5.26 Å². The van der Waals surface area contributed by atoms with Crippen molar-refractivity contribution in [2.24, 2.45) is 5.92 Å². The van der Waals surface area contributed by atoms with Gasteiger partial charge in [-0.15, -0.1) is 0 Å². The van der Waals surface area contributed by atoms with Crippen molar-refractivity contribution in [2.75, 3.05) is 0 Å². The standard InChI is InChI=1S/C20H22N4O2/c21-12-20(5-6-20)16-3-1-15(2-4-16)19(26)23-17-9-14(10-18(17)25)11-24-8-7-22-13-24/h1-4,7-8,13-14,17-18,25H,5-6,9-11H2,(H,23,26)/t14?,17-,18-/m1/s1. The van der Waals surface area contributed by atoms with Gasteiger partial charge < -0.3 is 15.0 Å². The van der Waals surface area contributed by atoms with E-state index in [9.17, 15) is 15.2 Å². The summed E-state index contributed by atoms with van der Waals surface area (Å²) in [6.45, 7) is 0.800. The second-order valence-corrected chi connectivity index (χ2v) is 7.52. The van der Waals surface area contributed by atoms with Gasteiger partial charge in [0.1, 0.15) is 0 Å². The average molecular weight is 350 g/mol. The zero-order valence-electron chi connectivity index (χ0n) is 14.5. The highest BCUT2D eigenvalue weighted by Gasteiger charge is 2.44. The summed E-state index contributed by atoms with van der Waals surface area (Å²) in [5, 5.41) is 22.5. The molecule has 1 aromatic heterocycles. The van der Waals surface area contributed by atoms with Gasteiger partial charge in [0.2, 0.25) is 0 Å². The smallest absolute Gasteiger partial charge is 0.251 e. The highest BCUT2D eigenvalue weighted by Crippen LogP contribution is 2.47. The molecule has 2 fully saturated rings. The first-order valence-electron chi connectivity index (χ1n) is 9.06. The van der Waals surface area contributed by atoms with Gasteiger partial charge in [-0.25, -0.2) is 4.98 Å². The molecule has 1 heterocycles. The number of aliphatic hydroxyl groups excluding tert-OH is 1. The molecule has 2 aliphatic rings. The third-order valence-electron chi connectivity index (χ3n) is 5.63. The lowest BCUT2D eigenvalue weighted by Crippen LogP contribution is -2.39. The number of carbonyl (C=O) groups is 1. The Bertz CT molecular complexity index is 818. The van der Waals surface area contributed by atoms with E-state index in [1.54, 1.807) is 24.7 Å². The van der Waals surface area contributed by atoms with Crippen LogP contribution >= 0.6 is 0 Å². The van der Waals surface area contributed by atoms with Crippen molar-refractivity contribution in [1.29, 1.82) is 5.26 Å². The van der Waals surface area contributed by atoms with Crippen LogP contribution in [0.2, 0.25) is 0 Å². The fourth-order valence-corrected chi connectivity index (χ4v) is 3.90. The van der Waals surface area contributed by atoms with E-state index in [1.165, 1.54) is 0 Å². The molecule has 2 aliphatic carbocycles. The lowest BCUT2D eigenvalue weighted by Gasteiger charge is -2.17. The van der Waals surface area contributed by atoms with Crippen molar-refractivity contribution >= 4 is 5.91 Å². The minimum atomic E-state index is -0.528. The predicted octanol–water partition coefficient (Wildman–Crippen LogP) is 2.01. The molecule has 1 amide bonds. The number of nitrogens with one attached hydrogen (secondary N) is 1. The average Bonchev–Trinajstić information content (AvgIpc) is 3.15. The van der Waals surface area contributed by atoms with Crippen LogP contribution in [0.4, 0.5) is 0 Å². The summed E-state index contributed by atoms with van der Waals surface area (Å²) in [6, 6.07) is 9.42. The van der Waals surface area contributed by atoms with Crippen LogP contribution in [-0.4, -0.2) is 32.7 Å². The molecular formula is C20H22N4O2. The van der Waals surface area contributed by atoms with Gasteiger partial charge in [-0.3, -0.25) is 4.79 Å². The Morgan fingerprint density at radius 3 is 2.73 bits per heavy atom. The number of aromatic nitrogens is 2. The van der Waals surface area contributed by atoms with Crippen LogP contribution < -0.4 is 5.32 Å². The molecule has 1 unspecified atom stereocenters. The van der Waals surface area contributed by atoms with Crippen molar-refractivity contribution in [1.82, 2.24) is 14.9 Å². The molecule has 0 aliphatic heterocycles. The molecule has 4 rings (SSSR count). The summed E-state index contributed by atoms with van der Waals surface area (Å²) in [5.41, 5.74) is 1.21. The Kier molecular flexibility index (Phi) is 4.25. The lowest BCUT2D eigenvalue weighted by molar-refractivity contribution is 0.0873. The van der Waals surface area contributed by atoms with Crippen molar-refractivity contribution in [3.05, 3.63) is 54.1 Å². The molecule has 3 atom stereocenters. The first-order chi connectivity index (χ1) is 12.6. The minimum Gasteiger partial charge on any atom is -0.391 e.